The Hall–Kier alpha value is -0.670. The lowest BCUT2D eigenvalue weighted by Crippen LogP contribution is -2.32. The number of benzene rings is 1. The van der Waals surface area contributed by atoms with Crippen LogP contribution in [0, 0.1) is 12.8 Å². The second-order valence-corrected chi connectivity index (χ2v) is 7.57. The Labute approximate surface area is 130 Å². The number of anilines is 1. The molecule has 2 nitrogen and oxygen atoms in total. The van der Waals surface area contributed by atoms with Gasteiger partial charge in [-0.05, 0) is 56.2 Å². The van der Waals surface area contributed by atoms with E-state index in [4.69, 9.17) is 16.6 Å². The van der Waals surface area contributed by atoms with E-state index in [1.165, 1.54) is 25.7 Å². The summed E-state index contributed by atoms with van der Waals surface area (Å²) in [4.78, 5) is 4.99. The molecule has 1 spiro atoms. The third-order valence-electron chi connectivity index (χ3n) is 4.44. The molecular weight excluding hydrogens is 288 g/mol. The second kappa shape index (κ2) is 5.61. The van der Waals surface area contributed by atoms with Gasteiger partial charge in [0.1, 0.15) is 0 Å². The van der Waals surface area contributed by atoms with Crippen molar-refractivity contribution in [2.75, 3.05) is 11.1 Å². The quantitative estimate of drug-likeness (QED) is 0.779. The molecule has 1 fully saturated rings. The molecular formula is C16H21ClN2S. The number of thioether (sulfide) groups is 1. The molecule has 0 saturated heterocycles. The largest absolute Gasteiger partial charge is 0.335 e. The summed E-state index contributed by atoms with van der Waals surface area (Å²) in [5.41, 5.74) is 2.35. The molecule has 1 aliphatic carbocycles. The van der Waals surface area contributed by atoms with Crippen molar-refractivity contribution >= 4 is 34.2 Å². The molecule has 0 unspecified atom stereocenters. The maximum Gasteiger partial charge on any atom is 0.161 e. The third-order valence-corrected chi connectivity index (χ3v) is 6.00. The Morgan fingerprint density at radius 2 is 2.10 bits per heavy atom. The summed E-state index contributed by atoms with van der Waals surface area (Å²) in [5.74, 6) is 2.00. The molecule has 0 radical (unpaired) electrons. The van der Waals surface area contributed by atoms with Crippen molar-refractivity contribution in [1.82, 2.24) is 0 Å². The topological polar surface area (TPSA) is 24.4 Å². The highest BCUT2D eigenvalue weighted by molar-refractivity contribution is 8.14. The van der Waals surface area contributed by atoms with Gasteiger partial charge in [-0.15, -0.1) is 0 Å². The molecule has 1 heterocycles. The fourth-order valence-electron chi connectivity index (χ4n) is 2.90. The molecule has 20 heavy (non-hydrogen) atoms. The lowest BCUT2D eigenvalue weighted by Gasteiger charge is -2.32. The first kappa shape index (κ1) is 14.3. The Kier molecular flexibility index (Phi) is 4.00. The number of nitrogens with one attached hydrogen (secondary N) is 1. The average molecular weight is 309 g/mol. The molecule has 4 heteroatoms. The van der Waals surface area contributed by atoms with Crippen LogP contribution in [0.3, 0.4) is 0 Å². The van der Waals surface area contributed by atoms with Gasteiger partial charge in [-0.25, -0.2) is 0 Å². The number of nitrogens with zero attached hydrogens (tertiary/aromatic N) is 1. The maximum atomic E-state index is 6.17. The standard InChI is InChI=1S/C16H21ClN2S/c1-11-5-7-16(8-6-11)10-20-15(19-16)18-13-4-3-12(2)14(17)9-13/h3-4,9,11H,5-8,10H2,1-2H3,(H,18,19). The zero-order valence-electron chi connectivity index (χ0n) is 12.1. The van der Waals surface area contributed by atoms with Crippen molar-refractivity contribution in [2.45, 2.75) is 45.1 Å². The highest BCUT2D eigenvalue weighted by Gasteiger charge is 2.38. The molecule has 1 saturated carbocycles. The smallest absolute Gasteiger partial charge is 0.161 e. The van der Waals surface area contributed by atoms with Crippen molar-refractivity contribution < 1.29 is 0 Å². The van der Waals surface area contributed by atoms with Crippen molar-refractivity contribution in [3.8, 4) is 0 Å². The molecule has 2 aliphatic rings. The zero-order chi connectivity index (χ0) is 14.2. The number of hydrogen-bond donors (Lipinski definition) is 1. The molecule has 0 bridgehead atoms. The summed E-state index contributed by atoms with van der Waals surface area (Å²) in [6, 6.07) is 6.09. The van der Waals surface area contributed by atoms with E-state index in [2.05, 4.69) is 18.3 Å². The summed E-state index contributed by atoms with van der Waals surface area (Å²) < 4.78 is 0. The van der Waals surface area contributed by atoms with E-state index in [0.717, 1.165) is 33.1 Å². The summed E-state index contributed by atoms with van der Waals surface area (Å²) in [6.45, 7) is 4.37. The van der Waals surface area contributed by atoms with Crippen LogP contribution in [0.2, 0.25) is 5.02 Å². The summed E-state index contributed by atoms with van der Waals surface area (Å²) >= 11 is 8.02. The number of aryl methyl sites for hydroxylation is 1. The van der Waals surface area contributed by atoms with Crippen LogP contribution in [0.15, 0.2) is 23.2 Å². The van der Waals surface area contributed by atoms with E-state index < -0.39 is 0 Å². The number of aliphatic imine (C=N–C) groups is 1. The summed E-state index contributed by atoms with van der Waals surface area (Å²) in [6.07, 6.45) is 5.10. The van der Waals surface area contributed by atoms with Crippen molar-refractivity contribution in [1.29, 1.82) is 0 Å². The van der Waals surface area contributed by atoms with Crippen molar-refractivity contribution in [3.05, 3.63) is 28.8 Å². The fourth-order valence-corrected chi connectivity index (χ4v) is 4.28. The van der Waals surface area contributed by atoms with Crippen LogP contribution in [-0.4, -0.2) is 16.5 Å². The van der Waals surface area contributed by atoms with Gasteiger partial charge in [-0.3, -0.25) is 4.99 Å². The Balaban J connectivity index is 1.71. The maximum absolute atomic E-state index is 6.17. The fraction of sp³-hybridized carbons (Fsp3) is 0.562. The van der Waals surface area contributed by atoms with Gasteiger partial charge in [-0.2, -0.15) is 0 Å². The minimum atomic E-state index is 0.202. The van der Waals surface area contributed by atoms with E-state index in [1.807, 2.05) is 30.8 Å². The van der Waals surface area contributed by atoms with Gasteiger partial charge in [0.2, 0.25) is 0 Å². The molecule has 1 aromatic carbocycles. The van der Waals surface area contributed by atoms with E-state index >= 15 is 0 Å². The first-order valence-electron chi connectivity index (χ1n) is 7.32. The average Bonchev–Trinajstić information content (AvgIpc) is 2.81. The first-order valence-corrected chi connectivity index (χ1v) is 8.69. The lowest BCUT2D eigenvalue weighted by atomic mass is 9.79. The minimum Gasteiger partial charge on any atom is -0.335 e. The van der Waals surface area contributed by atoms with Gasteiger partial charge in [0, 0.05) is 16.5 Å². The number of amidine groups is 1. The molecule has 0 amide bonds. The van der Waals surface area contributed by atoms with E-state index in [-0.39, 0.29) is 5.54 Å². The first-order chi connectivity index (χ1) is 9.56. The molecule has 1 aromatic rings. The van der Waals surface area contributed by atoms with Crippen LogP contribution in [0.25, 0.3) is 0 Å². The lowest BCUT2D eigenvalue weighted by molar-refractivity contribution is 0.273. The van der Waals surface area contributed by atoms with E-state index in [1.54, 1.807) is 0 Å². The third kappa shape index (κ3) is 2.99. The second-order valence-electron chi connectivity index (χ2n) is 6.20. The van der Waals surface area contributed by atoms with E-state index in [0.29, 0.717) is 0 Å². The molecule has 0 aromatic heterocycles. The number of hydrogen-bond acceptors (Lipinski definition) is 3. The number of halogens is 1. The van der Waals surface area contributed by atoms with Crippen molar-refractivity contribution in [3.63, 3.8) is 0 Å². The Morgan fingerprint density at radius 3 is 2.80 bits per heavy atom. The monoisotopic (exact) mass is 308 g/mol. The van der Waals surface area contributed by atoms with Gasteiger partial charge in [0.05, 0.1) is 5.54 Å². The van der Waals surface area contributed by atoms with Crippen LogP contribution in [-0.2, 0) is 0 Å². The van der Waals surface area contributed by atoms with Gasteiger partial charge in [0.15, 0.2) is 5.17 Å². The molecule has 108 valence electrons. The molecule has 1 N–H and O–H groups in total. The van der Waals surface area contributed by atoms with Crippen LogP contribution < -0.4 is 5.32 Å². The Bertz CT molecular complexity index is 533. The molecule has 0 atom stereocenters. The van der Waals surface area contributed by atoms with Gasteiger partial charge in [-0.1, -0.05) is 36.4 Å². The number of rotatable bonds is 1. The van der Waals surface area contributed by atoms with Crippen LogP contribution in [0.4, 0.5) is 5.69 Å². The predicted molar refractivity (Wildman–Crippen MR) is 90.1 cm³/mol. The normalized spacial score (nSPS) is 29.6. The van der Waals surface area contributed by atoms with E-state index in [9.17, 15) is 0 Å². The van der Waals surface area contributed by atoms with Crippen LogP contribution >= 0.6 is 23.4 Å². The predicted octanol–water partition coefficient (Wildman–Crippen LogP) is 5.11. The van der Waals surface area contributed by atoms with Crippen LogP contribution in [0.5, 0.6) is 0 Å². The molecule has 1 aliphatic heterocycles. The van der Waals surface area contributed by atoms with Gasteiger partial charge >= 0.3 is 0 Å². The van der Waals surface area contributed by atoms with Crippen LogP contribution in [0.1, 0.15) is 38.2 Å². The highest BCUT2D eigenvalue weighted by atomic mass is 35.5. The summed E-state index contributed by atoms with van der Waals surface area (Å²) in [7, 11) is 0. The minimum absolute atomic E-state index is 0.202. The molecule has 3 rings (SSSR count). The zero-order valence-corrected chi connectivity index (χ0v) is 13.7. The van der Waals surface area contributed by atoms with Crippen molar-refractivity contribution in [2.24, 2.45) is 10.9 Å². The van der Waals surface area contributed by atoms with Gasteiger partial charge in [0.25, 0.3) is 0 Å². The van der Waals surface area contributed by atoms with Gasteiger partial charge < -0.3 is 5.32 Å². The highest BCUT2D eigenvalue weighted by Crippen LogP contribution is 2.41. The SMILES string of the molecule is Cc1ccc(NC2=NC3(CCC(C)CC3)CS2)cc1Cl. The summed E-state index contributed by atoms with van der Waals surface area (Å²) in [5, 5.41) is 5.28. The Morgan fingerprint density at radius 1 is 1.35 bits per heavy atom.